The number of hydrogen-bond donors (Lipinski definition) is 2. The molecular formula is C13H25NO. The van der Waals surface area contributed by atoms with Crippen LogP contribution in [0.3, 0.4) is 0 Å². The van der Waals surface area contributed by atoms with Crippen LogP contribution in [0.4, 0.5) is 0 Å². The number of nitrogens with two attached hydrogens (primary N) is 1. The van der Waals surface area contributed by atoms with Gasteiger partial charge in [0.15, 0.2) is 0 Å². The number of hydrogen-bond acceptors (Lipinski definition) is 2. The van der Waals surface area contributed by atoms with Crippen molar-refractivity contribution in [2.24, 2.45) is 23.0 Å². The van der Waals surface area contributed by atoms with Gasteiger partial charge in [0.2, 0.25) is 0 Å². The van der Waals surface area contributed by atoms with Crippen molar-refractivity contribution >= 4 is 0 Å². The SMILES string of the molecule is C=C1CC[C@@H]([C@@H](C)CN)[C@]1(C)CC(C)O. The lowest BCUT2D eigenvalue weighted by Crippen LogP contribution is -2.34. The van der Waals surface area contributed by atoms with Crippen molar-refractivity contribution in [3.05, 3.63) is 12.2 Å². The Bertz CT molecular complexity index is 237. The number of allylic oxidation sites excluding steroid dienone is 1. The minimum Gasteiger partial charge on any atom is -0.393 e. The number of aliphatic hydroxyl groups is 1. The maximum atomic E-state index is 9.60. The van der Waals surface area contributed by atoms with E-state index in [-0.39, 0.29) is 11.5 Å². The van der Waals surface area contributed by atoms with Gasteiger partial charge in [0, 0.05) is 0 Å². The fourth-order valence-corrected chi connectivity index (χ4v) is 3.18. The second-order valence-corrected chi connectivity index (χ2v) is 5.43. The van der Waals surface area contributed by atoms with E-state index in [4.69, 9.17) is 5.73 Å². The highest BCUT2D eigenvalue weighted by molar-refractivity contribution is 5.18. The summed E-state index contributed by atoms with van der Waals surface area (Å²) < 4.78 is 0. The molecule has 1 fully saturated rings. The first kappa shape index (κ1) is 12.7. The summed E-state index contributed by atoms with van der Waals surface area (Å²) in [5, 5.41) is 9.60. The molecule has 2 nitrogen and oxygen atoms in total. The molecule has 4 atom stereocenters. The molecule has 1 aliphatic carbocycles. The molecule has 0 radical (unpaired) electrons. The van der Waals surface area contributed by atoms with Crippen LogP contribution < -0.4 is 5.73 Å². The number of aliphatic hydroxyl groups excluding tert-OH is 1. The van der Waals surface area contributed by atoms with Gasteiger partial charge in [-0.15, -0.1) is 0 Å². The molecule has 3 N–H and O–H groups in total. The van der Waals surface area contributed by atoms with Crippen molar-refractivity contribution in [2.75, 3.05) is 6.54 Å². The van der Waals surface area contributed by atoms with Gasteiger partial charge in [0.05, 0.1) is 6.10 Å². The van der Waals surface area contributed by atoms with Crippen LogP contribution in [0, 0.1) is 17.3 Å². The first-order valence-corrected chi connectivity index (χ1v) is 5.98. The van der Waals surface area contributed by atoms with Gasteiger partial charge in [0.1, 0.15) is 0 Å². The fourth-order valence-electron chi connectivity index (χ4n) is 3.18. The van der Waals surface area contributed by atoms with E-state index in [1.165, 1.54) is 12.0 Å². The van der Waals surface area contributed by atoms with E-state index in [0.29, 0.717) is 11.8 Å². The summed E-state index contributed by atoms with van der Waals surface area (Å²) in [5.74, 6) is 1.11. The highest BCUT2D eigenvalue weighted by Crippen LogP contribution is 2.52. The lowest BCUT2D eigenvalue weighted by molar-refractivity contribution is 0.0959. The summed E-state index contributed by atoms with van der Waals surface area (Å²) in [6.07, 6.45) is 2.84. The zero-order valence-corrected chi connectivity index (χ0v) is 10.3. The molecule has 1 saturated carbocycles. The van der Waals surface area contributed by atoms with Crippen LogP contribution >= 0.6 is 0 Å². The Morgan fingerprint density at radius 3 is 2.67 bits per heavy atom. The maximum absolute atomic E-state index is 9.60. The zero-order chi connectivity index (χ0) is 11.6. The Morgan fingerprint density at radius 1 is 1.60 bits per heavy atom. The van der Waals surface area contributed by atoms with E-state index in [2.05, 4.69) is 20.4 Å². The van der Waals surface area contributed by atoms with Crippen LogP contribution in [-0.2, 0) is 0 Å². The topological polar surface area (TPSA) is 46.2 Å². The van der Waals surface area contributed by atoms with Gasteiger partial charge in [-0.3, -0.25) is 0 Å². The predicted molar refractivity (Wildman–Crippen MR) is 64.5 cm³/mol. The zero-order valence-electron chi connectivity index (χ0n) is 10.3. The highest BCUT2D eigenvalue weighted by Gasteiger charge is 2.44. The summed E-state index contributed by atoms with van der Waals surface area (Å²) in [7, 11) is 0. The smallest absolute Gasteiger partial charge is 0.0520 e. The van der Waals surface area contributed by atoms with Crippen molar-refractivity contribution < 1.29 is 5.11 Å². The molecule has 1 rings (SSSR count). The van der Waals surface area contributed by atoms with Crippen LogP contribution in [0.1, 0.15) is 40.0 Å². The highest BCUT2D eigenvalue weighted by atomic mass is 16.3. The Hall–Kier alpha value is -0.340. The molecular weight excluding hydrogens is 186 g/mol. The molecule has 1 aliphatic rings. The summed E-state index contributed by atoms with van der Waals surface area (Å²) >= 11 is 0. The monoisotopic (exact) mass is 211 g/mol. The third-order valence-electron chi connectivity index (χ3n) is 4.16. The van der Waals surface area contributed by atoms with Gasteiger partial charge in [-0.1, -0.05) is 26.0 Å². The van der Waals surface area contributed by atoms with Crippen molar-refractivity contribution in [3.63, 3.8) is 0 Å². The largest absolute Gasteiger partial charge is 0.393 e. The first-order valence-electron chi connectivity index (χ1n) is 5.98. The van der Waals surface area contributed by atoms with Crippen LogP contribution in [-0.4, -0.2) is 17.8 Å². The summed E-state index contributed by atoms with van der Waals surface area (Å²) in [4.78, 5) is 0. The first-order chi connectivity index (χ1) is 6.91. The second kappa shape index (κ2) is 4.67. The van der Waals surface area contributed by atoms with Gasteiger partial charge >= 0.3 is 0 Å². The van der Waals surface area contributed by atoms with E-state index in [0.717, 1.165) is 19.4 Å². The third kappa shape index (κ3) is 2.43. The minimum absolute atomic E-state index is 0.0902. The summed E-state index contributed by atoms with van der Waals surface area (Å²) in [5.41, 5.74) is 7.15. The lowest BCUT2D eigenvalue weighted by atomic mass is 9.69. The van der Waals surface area contributed by atoms with Crippen LogP contribution in [0.2, 0.25) is 0 Å². The van der Waals surface area contributed by atoms with Gasteiger partial charge in [-0.25, -0.2) is 0 Å². The molecule has 88 valence electrons. The Balaban J connectivity index is 2.84. The summed E-state index contributed by atoms with van der Waals surface area (Å²) in [6, 6.07) is 0. The molecule has 2 heteroatoms. The maximum Gasteiger partial charge on any atom is 0.0520 e. The van der Waals surface area contributed by atoms with Crippen molar-refractivity contribution in [2.45, 2.75) is 46.1 Å². The van der Waals surface area contributed by atoms with E-state index in [1.807, 2.05) is 6.92 Å². The van der Waals surface area contributed by atoms with Gasteiger partial charge in [0.25, 0.3) is 0 Å². The lowest BCUT2D eigenvalue weighted by Gasteiger charge is -2.37. The Kier molecular flexibility index (Phi) is 3.96. The molecule has 0 aliphatic heterocycles. The second-order valence-electron chi connectivity index (χ2n) is 5.43. The van der Waals surface area contributed by atoms with Crippen LogP contribution in [0.5, 0.6) is 0 Å². The molecule has 0 aromatic heterocycles. The molecule has 1 unspecified atom stereocenters. The van der Waals surface area contributed by atoms with E-state index in [1.54, 1.807) is 0 Å². The molecule has 0 aromatic carbocycles. The fraction of sp³-hybridized carbons (Fsp3) is 0.846. The number of rotatable bonds is 4. The van der Waals surface area contributed by atoms with Gasteiger partial charge in [-0.2, -0.15) is 0 Å². The third-order valence-corrected chi connectivity index (χ3v) is 4.16. The predicted octanol–water partition coefficient (Wildman–Crippen LogP) is 2.32. The standard InChI is InChI=1S/C13H25NO/c1-9(8-14)12-6-5-10(2)13(12,4)7-11(3)15/h9,11-12,15H,2,5-8,14H2,1,3-4H3/t9-,11?,12-,13+/m0/s1. The molecule has 15 heavy (non-hydrogen) atoms. The molecule has 0 bridgehead atoms. The van der Waals surface area contributed by atoms with E-state index >= 15 is 0 Å². The molecule has 0 aromatic rings. The minimum atomic E-state index is -0.252. The molecule has 0 saturated heterocycles. The van der Waals surface area contributed by atoms with Crippen LogP contribution in [0.25, 0.3) is 0 Å². The summed E-state index contributed by atoms with van der Waals surface area (Å²) in [6.45, 7) is 11.2. The van der Waals surface area contributed by atoms with Crippen molar-refractivity contribution in [3.8, 4) is 0 Å². The Morgan fingerprint density at radius 2 is 2.20 bits per heavy atom. The Labute approximate surface area is 93.6 Å². The van der Waals surface area contributed by atoms with Gasteiger partial charge < -0.3 is 10.8 Å². The molecule has 0 amide bonds. The van der Waals surface area contributed by atoms with Crippen molar-refractivity contribution in [1.29, 1.82) is 0 Å². The quantitative estimate of drug-likeness (QED) is 0.701. The average Bonchev–Trinajstić information content (AvgIpc) is 2.41. The molecule has 0 spiro atoms. The van der Waals surface area contributed by atoms with E-state index < -0.39 is 0 Å². The normalized spacial score (nSPS) is 35.5. The molecule has 0 heterocycles. The van der Waals surface area contributed by atoms with E-state index in [9.17, 15) is 5.11 Å². The van der Waals surface area contributed by atoms with Crippen molar-refractivity contribution in [1.82, 2.24) is 0 Å². The average molecular weight is 211 g/mol. The van der Waals surface area contributed by atoms with Crippen LogP contribution in [0.15, 0.2) is 12.2 Å². The van der Waals surface area contributed by atoms with Gasteiger partial charge in [-0.05, 0) is 50.0 Å².